The molecule has 0 bridgehead atoms. The number of hydrogen-bond donors (Lipinski definition) is 2. The molecule has 98 valence electrons. The van der Waals surface area contributed by atoms with Crippen LogP contribution >= 0.6 is 12.2 Å². The molecule has 2 rings (SSSR count). The Hall–Kier alpha value is -2.01. The molecule has 0 amide bonds. The maximum Gasteiger partial charge on any atom is 0.149 e. The Balaban J connectivity index is 2.31. The molecule has 0 aromatic heterocycles. The van der Waals surface area contributed by atoms with E-state index in [4.69, 9.17) is 18.0 Å². The van der Waals surface area contributed by atoms with Crippen molar-refractivity contribution in [3.05, 3.63) is 59.2 Å². The zero-order valence-electron chi connectivity index (χ0n) is 10.2. The van der Waals surface area contributed by atoms with Crippen molar-refractivity contribution < 1.29 is 8.78 Å². The number of nitrogens with one attached hydrogen (secondary N) is 1. The van der Waals surface area contributed by atoms with Gasteiger partial charge in [-0.1, -0.05) is 12.2 Å². The third-order valence-electron chi connectivity index (χ3n) is 2.71. The molecule has 0 atom stereocenters. The van der Waals surface area contributed by atoms with E-state index in [-0.39, 0.29) is 5.69 Å². The van der Waals surface area contributed by atoms with Gasteiger partial charge in [0.1, 0.15) is 16.6 Å². The highest BCUT2D eigenvalue weighted by atomic mass is 32.1. The predicted molar refractivity (Wildman–Crippen MR) is 76.7 cm³/mol. The van der Waals surface area contributed by atoms with Crippen LogP contribution in [-0.4, -0.2) is 4.99 Å². The molecule has 0 aliphatic carbocycles. The van der Waals surface area contributed by atoms with Gasteiger partial charge in [-0.15, -0.1) is 0 Å². The fraction of sp³-hybridized carbons (Fsp3) is 0.0714. The van der Waals surface area contributed by atoms with Gasteiger partial charge in [0.2, 0.25) is 0 Å². The zero-order valence-corrected chi connectivity index (χ0v) is 11.0. The number of thiocarbonyl (C=S) groups is 1. The second kappa shape index (κ2) is 5.32. The summed E-state index contributed by atoms with van der Waals surface area (Å²) in [7, 11) is 0. The Morgan fingerprint density at radius 1 is 1.11 bits per heavy atom. The minimum absolute atomic E-state index is 0.215. The van der Waals surface area contributed by atoms with Gasteiger partial charge < -0.3 is 11.1 Å². The van der Waals surface area contributed by atoms with Crippen molar-refractivity contribution >= 4 is 28.6 Å². The van der Waals surface area contributed by atoms with Crippen LogP contribution in [0.4, 0.5) is 20.2 Å². The monoisotopic (exact) mass is 278 g/mol. The molecule has 0 radical (unpaired) electrons. The van der Waals surface area contributed by atoms with Crippen molar-refractivity contribution in [3.8, 4) is 0 Å². The first kappa shape index (κ1) is 13.4. The first-order chi connectivity index (χ1) is 8.97. The number of rotatable bonds is 3. The number of halogens is 2. The Kier molecular flexibility index (Phi) is 3.76. The molecule has 0 aliphatic heterocycles. The number of benzene rings is 2. The Labute approximate surface area is 115 Å². The van der Waals surface area contributed by atoms with Crippen molar-refractivity contribution in [2.24, 2.45) is 5.73 Å². The van der Waals surface area contributed by atoms with Gasteiger partial charge in [0.05, 0.1) is 5.69 Å². The molecule has 0 aliphatic rings. The molecule has 0 heterocycles. The van der Waals surface area contributed by atoms with E-state index in [2.05, 4.69) is 5.32 Å². The summed E-state index contributed by atoms with van der Waals surface area (Å²) >= 11 is 4.89. The van der Waals surface area contributed by atoms with Crippen LogP contribution in [0.3, 0.4) is 0 Å². The number of anilines is 2. The minimum atomic E-state index is -0.641. The second-order valence-corrected chi connectivity index (χ2v) is 4.58. The van der Waals surface area contributed by atoms with E-state index in [0.29, 0.717) is 10.7 Å². The molecule has 0 unspecified atom stereocenters. The van der Waals surface area contributed by atoms with Gasteiger partial charge in [0, 0.05) is 17.3 Å². The Morgan fingerprint density at radius 2 is 1.79 bits per heavy atom. The summed E-state index contributed by atoms with van der Waals surface area (Å²) in [6.45, 7) is 1.85. The highest BCUT2D eigenvalue weighted by Crippen LogP contribution is 2.24. The van der Waals surface area contributed by atoms with Gasteiger partial charge in [0.25, 0.3) is 0 Å². The summed E-state index contributed by atoms with van der Waals surface area (Å²) in [5.74, 6) is -1.25. The van der Waals surface area contributed by atoms with Gasteiger partial charge in [-0.2, -0.15) is 0 Å². The topological polar surface area (TPSA) is 38.0 Å². The summed E-state index contributed by atoms with van der Waals surface area (Å²) in [5.41, 5.74) is 8.08. The third kappa shape index (κ3) is 3.06. The molecule has 0 spiro atoms. The standard InChI is InChI=1S/C14H12F2N2S/c1-8-6-9(14(17)19)2-4-12(8)18-13-5-3-10(15)7-11(13)16/h2-7,18H,1H3,(H2,17,19). The fourth-order valence-electron chi connectivity index (χ4n) is 1.69. The van der Waals surface area contributed by atoms with Gasteiger partial charge in [-0.25, -0.2) is 8.78 Å². The van der Waals surface area contributed by atoms with E-state index >= 15 is 0 Å². The maximum atomic E-state index is 13.5. The number of nitrogens with two attached hydrogens (primary N) is 1. The lowest BCUT2D eigenvalue weighted by atomic mass is 10.1. The van der Waals surface area contributed by atoms with Gasteiger partial charge in [-0.3, -0.25) is 0 Å². The maximum absolute atomic E-state index is 13.5. The summed E-state index contributed by atoms with van der Waals surface area (Å²) in [6, 6.07) is 8.70. The van der Waals surface area contributed by atoms with Crippen LogP contribution in [0.5, 0.6) is 0 Å². The quantitative estimate of drug-likeness (QED) is 0.842. The summed E-state index contributed by atoms with van der Waals surface area (Å²) < 4.78 is 26.3. The van der Waals surface area contributed by atoms with Crippen molar-refractivity contribution in [3.63, 3.8) is 0 Å². The molecule has 2 aromatic rings. The van der Waals surface area contributed by atoms with Gasteiger partial charge in [-0.05, 0) is 42.8 Å². The van der Waals surface area contributed by atoms with E-state index < -0.39 is 11.6 Å². The molecule has 0 saturated heterocycles. The molecule has 2 nitrogen and oxygen atoms in total. The molecular weight excluding hydrogens is 266 g/mol. The smallest absolute Gasteiger partial charge is 0.149 e. The lowest BCUT2D eigenvalue weighted by molar-refractivity contribution is 0.586. The highest BCUT2D eigenvalue weighted by Gasteiger charge is 2.06. The minimum Gasteiger partial charge on any atom is -0.389 e. The molecule has 0 saturated carbocycles. The van der Waals surface area contributed by atoms with Gasteiger partial charge >= 0.3 is 0 Å². The van der Waals surface area contributed by atoms with Crippen LogP contribution in [-0.2, 0) is 0 Å². The van der Waals surface area contributed by atoms with Crippen molar-refractivity contribution in [2.75, 3.05) is 5.32 Å². The SMILES string of the molecule is Cc1cc(C(N)=S)ccc1Nc1ccc(F)cc1F. The summed E-state index contributed by atoms with van der Waals surface area (Å²) in [4.78, 5) is 0.308. The number of aryl methyl sites for hydroxylation is 1. The molecular formula is C14H12F2N2S. The summed E-state index contributed by atoms with van der Waals surface area (Å²) in [6.07, 6.45) is 0. The predicted octanol–water partition coefficient (Wildman–Crippen LogP) is 3.65. The van der Waals surface area contributed by atoms with Gasteiger partial charge in [0.15, 0.2) is 0 Å². The lowest BCUT2D eigenvalue weighted by Crippen LogP contribution is -2.09. The number of hydrogen-bond acceptors (Lipinski definition) is 2. The zero-order chi connectivity index (χ0) is 14.0. The third-order valence-corrected chi connectivity index (χ3v) is 2.95. The van der Waals surface area contributed by atoms with Crippen LogP contribution in [0.15, 0.2) is 36.4 Å². The molecule has 0 fully saturated rings. The van der Waals surface area contributed by atoms with E-state index in [1.807, 2.05) is 13.0 Å². The van der Waals surface area contributed by atoms with Crippen molar-refractivity contribution in [2.45, 2.75) is 6.92 Å². The van der Waals surface area contributed by atoms with E-state index in [9.17, 15) is 8.78 Å². The fourth-order valence-corrected chi connectivity index (χ4v) is 1.82. The van der Waals surface area contributed by atoms with E-state index in [0.717, 1.165) is 17.2 Å². The molecule has 5 heteroatoms. The van der Waals surface area contributed by atoms with Crippen molar-refractivity contribution in [1.82, 2.24) is 0 Å². The largest absolute Gasteiger partial charge is 0.389 e. The highest BCUT2D eigenvalue weighted by molar-refractivity contribution is 7.80. The second-order valence-electron chi connectivity index (χ2n) is 4.14. The van der Waals surface area contributed by atoms with Crippen LogP contribution < -0.4 is 11.1 Å². The summed E-state index contributed by atoms with van der Waals surface area (Å²) in [5, 5.41) is 2.91. The lowest BCUT2D eigenvalue weighted by Gasteiger charge is -2.11. The molecule has 2 aromatic carbocycles. The van der Waals surface area contributed by atoms with Crippen molar-refractivity contribution in [1.29, 1.82) is 0 Å². The van der Waals surface area contributed by atoms with E-state index in [1.165, 1.54) is 12.1 Å². The molecule has 19 heavy (non-hydrogen) atoms. The first-order valence-corrected chi connectivity index (χ1v) is 6.01. The normalized spacial score (nSPS) is 10.3. The average molecular weight is 278 g/mol. The Morgan fingerprint density at radius 3 is 2.37 bits per heavy atom. The van der Waals surface area contributed by atoms with Crippen LogP contribution in [0.1, 0.15) is 11.1 Å². The Bertz CT molecular complexity index is 641. The van der Waals surface area contributed by atoms with Crippen LogP contribution in [0.2, 0.25) is 0 Å². The first-order valence-electron chi connectivity index (χ1n) is 5.60. The van der Waals surface area contributed by atoms with E-state index in [1.54, 1.807) is 12.1 Å². The molecule has 3 N–H and O–H groups in total. The average Bonchev–Trinajstić information content (AvgIpc) is 2.34. The van der Waals surface area contributed by atoms with Crippen LogP contribution in [0.25, 0.3) is 0 Å². The van der Waals surface area contributed by atoms with Crippen LogP contribution in [0, 0.1) is 18.6 Å².